The largest absolute Gasteiger partial charge is 0.467 e. The van der Waals surface area contributed by atoms with Crippen molar-refractivity contribution in [2.75, 3.05) is 6.54 Å². The summed E-state index contributed by atoms with van der Waals surface area (Å²) in [6.07, 6.45) is 1.56. The molecule has 0 N–H and O–H groups in total. The maximum Gasteiger partial charge on any atom is 0.180 e. The molecule has 1 atom stereocenters. The molecule has 0 saturated carbocycles. The fourth-order valence-electron chi connectivity index (χ4n) is 1.22. The molecule has 0 aromatic carbocycles. The van der Waals surface area contributed by atoms with Gasteiger partial charge in [0.2, 0.25) is 0 Å². The van der Waals surface area contributed by atoms with Crippen molar-refractivity contribution in [3.8, 4) is 0 Å². The molecule has 0 fully saturated rings. The van der Waals surface area contributed by atoms with Crippen molar-refractivity contribution in [1.29, 1.82) is 0 Å². The number of ketones is 1. The number of nitrogens with zero attached hydrogens (tertiary/aromatic N) is 1. The summed E-state index contributed by atoms with van der Waals surface area (Å²) in [5.74, 6) is 0.909. The Bertz CT molecular complexity index is 294. The molecule has 1 aliphatic heterocycles. The number of hydrogen-bond donors (Lipinski definition) is 0. The summed E-state index contributed by atoms with van der Waals surface area (Å²) < 4.78 is 6.98. The molecule has 1 aliphatic rings. The third-order valence-electron chi connectivity index (χ3n) is 1.74. The maximum atomic E-state index is 11.2. The van der Waals surface area contributed by atoms with Gasteiger partial charge in [-0.15, -0.1) is 0 Å². The van der Waals surface area contributed by atoms with Gasteiger partial charge in [0.05, 0.1) is 24.9 Å². The van der Waals surface area contributed by atoms with E-state index < -0.39 is 0 Å². The molecule has 0 spiro atoms. The second kappa shape index (κ2) is 2.43. The van der Waals surface area contributed by atoms with Crippen molar-refractivity contribution >= 4 is 15.2 Å². The van der Waals surface area contributed by atoms with Crippen LogP contribution in [0, 0.1) is 0 Å². The molecule has 2 rings (SSSR count). The predicted octanol–water partition coefficient (Wildman–Crippen LogP) is 1.07. The van der Waals surface area contributed by atoms with Gasteiger partial charge in [-0.05, 0) is 6.07 Å². The van der Waals surface area contributed by atoms with Crippen molar-refractivity contribution in [3.63, 3.8) is 0 Å². The first-order chi connectivity index (χ1) is 5.27. The van der Waals surface area contributed by atoms with E-state index in [0.29, 0.717) is 13.1 Å². The van der Waals surface area contributed by atoms with Crippen LogP contribution in [0.15, 0.2) is 16.7 Å². The number of hydrogen-bond acceptors (Lipinski definition) is 3. The average molecular weight is 169 g/mol. The minimum Gasteiger partial charge on any atom is -0.467 e. The zero-order valence-corrected chi connectivity index (χ0v) is 7.06. The van der Waals surface area contributed by atoms with Crippen LogP contribution in [0.5, 0.6) is 0 Å². The van der Waals surface area contributed by atoms with Crippen molar-refractivity contribution in [1.82, 2.24) is 4.67 Å². The first-order valence-electron chi connectivity index (χ1n) is 3.36. The molecule has 58 valence electrons. The van der Waals surface area contributed by atoms with Crippen LogP contribution in [0.2, 0.25) is 0 Å². The van der Waals surface area contributed by atoms with Gasteiger partial charge in [0.25, 0.3) is 0 Å². The van der Waals surface area contributed by atoms with Crippen LogP contribution in [-0.2, 0) is 6.54 Å². The molecule has 1 unspecified atom stereocenters. The van der Waals surface area contributed by atoms with E-state index in [9.17, 15) is 4.79 Å². The highest BCUT2D eigenvalue weighted by Crippen LogP contribution is 2.21. The van der Waals surface area contributed by atoms with Gasteiger partial charge in [0, 0.05) is 0 Å². The number of carbonyl (C=O) groups is 1. The van der Waals surface area contributed by atoms with Crippen LogP contribution in [0.4, 0.5) is 0 Å². The molecule has 0 bridgehead atoms. The number of fused-ring (bicyclic) bond motifs is 1. The Hall–Kier alpha value is -0.660. The van der Waals surface area contributed by atoms with E-state index in [1.54, 1.807) is 12.3 Å². The van der Waals surface area contributed by atoms with Crippen LogP contribution in [0.25, 0.3) is 0 Å². The Morgan fingerprint density at radius 3 is 3.18 bits per heavy atom. The standard InChI is InChI=1S/C7H8NO2P/c9-6-3-8(11)4-7-5(6)1-2-10-7/h1-2H,3-4,11H2. The van der Waals surface area contributed by atoms with Gasteiger partial charge in [0.1, 0.15) is 5.76 Å². The Kier molecular flexibility index (Phi) is 1.55. The van der Waals surface area contributed by atoms with Crippen molar-refractivity contribution in [2.24, 2.45) is 0 Å². The van der Waals surface area contributed by atoms with Crippen LogP contribution in [0.3, 0.4) is 0 Å². The van der Waals surface area contributed by atoms with Crippen LogP contribution < -0.4 is 0 Å². The molecule has 4 heteroatoms. The fraction of sp³-hybridized carbons (Fsp3) is 0.286. The van der Waals surface area contributed by atoms with Gasteiger partial charge in [-0.1, -0.05) is 9.39 Å². The molecule has 0 saturated heterocycles. The van der Waals surface area contributed by atoms with E-state index in [1.165, 1.54) is 0 Å². The van der Waals surface area contributed by atoms with Crippen molar-refractivity contribution in [2.45, 2.75) is 6.54 Å². The summed E-state index contributed by atoms with van der Waals surface area (Å²) in [7, 11) is 2.50. The highest BCUT2D eigenvalue weighted by molar-refractivity contribution is 7.13. The van der Waals surface area contributed by atoms with E-state index >= 15 is 0 Å². The topological polar surface area (TPSA) is 33.5 Å². The lowest BCUT2D eigenvalue weighted by molar-refractivity contribution is 0.0948. The summed E-state index contributed by atoms with van der Waals surface area (Å²) in [5, 5.41) is 0. The van der Waals surface area contributed by atoms with E-state index in [4.69, 9.17) is 4.42 Å². The lowest BCUT2D eigenvalue weighted by Crippen LogP contribution is -2.26. The predicted molar refractivity (Wildman–Crippen MR) is 43.2 cm³/mol. The smallest absolute Gasteiger partial charge is 0.180 e. The quantitative estimate of drug-likeness (QED) is 0.544. The molecule has 3 nitrogen and oxygen atoms in total. The van der Waals surface area contributed by atoms with E-state index in [2.05, 4.69) is 9.39 Å². The summed E-state index contributed by atoms with van der Waals surface area (Å²) in [6, 6.07) is 1.73. The average Bonchev–Trinajstić information content (AvgIpc) is 2.34. The van der Waals surface area contributed by atoms with E-state index in [-0.39, 0.29) is 5.78 Å². The minimum absolute atomic E-state index is 0.134. The van der Waals surface area contributed by atoms with Gasteiger partial charge in [-0.3, -0.25) is 9.46 Å². The van der Waals surface area contributed by atoms with E-state index in [1.807, 2.05) is 4.67 Å². The molecular formula is C7H8NO2P. The summed E-state index contributed by atoms with van der Waals surface area (Å²) in [4.78, 5) is 11.2. The second-order valence-electron chi connectivity index (χ2n) is 2.59. The molecule has 2 heterocycles. The number of furan rings is 1. The van der Waals surface area contributed by atoms with Gasteiger partial charge in [-0.25, -0.2) is 0 Å². The number of carbonyl (C=O) groups excluding carboxylic acids is 1. The number of Topliss-reactive ketones (excluding diaryl/α,β-unsaturated/α-hetero) is 1. The Balaban J connectivity index is 2.44. The van der Waals surface area contributed by atoms with E-state index in [0.717, 1.165) is 11.3 Å². The molecule has 11 heavy (non-hydrogen) atoms. The third kappa shape index (κ3) is 1.10. The monoisotopic (exact) mass is 169 g/mol. The Morgan fingerprint density at radius 2 is 2.36 bits per heavy atom. The minimum atomic E-state index is 0.134. The highest BCUT2D eigenvalue weighted by Gasteiger charge is 2.22. The molecule has 0 aliphatic carbocycles. The van der Waals surface area contributed by atoms with Gasteiger partial charge in [0.15, 0.2) is 5.78 Å². The van der Waals surface area contributed by atoms with Crippen LogP contribution in [-0.4, -0.2) is 17.0 Å². The lowest BCUT2D eigenvalue weighted by atomic mass is 10.1. The summed E-state index contributed by atoms with van der Waals surface area (Å²) in [5.41, 5.74) is 0.740. The highest BCUT2D eigenvalue weighted by atomic mass is 31.0. The Morgan fingerprint density at radius 1 is 1.55 bits per heavy atom. The normalized spacial score (nSPS) is 18.5. The molecule has 0 radical (unpaired) electrons. The summed E-state index contributed by atoms with van der Waals surface area (Å²) >= 11 is 0. The molecule has 1 aromatic heterocycles. The third-order valence-corrected chi connectivity index (χ3v) is 2.10. The van der Waals surface area contributed by atoms with Crippen molar-refractivity contribution in [3.05, 3.63) is 23.7 Å². The van der Waals surface area contributed by atoms with Crippen molar-refractivity contribution < 1.29 is 9.21 Å². The SMILES string of the molecule is O=C1CN(P)Cc2occc21. The second-order valence-corrected chi connectivity index (χ2v) is 3.32. The van der Waals surface area contributed by atoms with Gasteiger partial charge < -0.3 is 4.42 Å². The molecule has 1 aromatic rings. The zero-order chi connectivity index (χ0) is 7.84. The summed E-state index contributed by atoms with van der Waals surface area (Å²) in [6.45, 7) is 1.18. The number of rotatable bonds is 0. The van der Waals surface area contributed by atoms with Gasteiger partial charge in [-0.2, -0.15) is 0 Å². The maximum absolute atomic E-state index is 11.2. The van der Waals surface area contributed by atoms with Gasteiger partial charge >= 0.3 is 0 Å². The fourth-order valence-corrected chi connectivity index (χ4v) is 1.55. The lowest BCUT2D eigenvalue weighted by Gasteiger charge is -2.18. The molecular weight excluding hydrogens is 161 g/mol. The van der Waals surface area contributed by atoms with Crippen LogP contribution >= 0.6 is 9.39 Å². The molecule has 0 amide bonds. The Labute approximate surface area is 66.6 Å². The van der Waals surface area contributed by atoms with Crippen LogP contribution in [0.1, 0.15) is 16.1 Å². The first-order valence-corrected chi connectivity index (χ1v) is 3.88. The zero-order valence-electron chi connectivity index (χ0n) is 5.91. The first kappa shape index (κ1) is 7.01.